The third-order valence-electron chi connectivity index (χ3n) is 7.47. The van der Waals surface area contributed by atoms with E-state index in [4.69, 9.17) is 0 Å². The minimum absolute atomic E-state index is 0. The number of likely N-dealkylation sites (N-methyl/N-ethyl adjacent to an activating group) is 4. The summed E-state index contributed by atoms with van der Waals surface area (Å²) in [7, 11) is 10.1. The van der Waals surface area contributed by atoms with Crippen LogP contribution in [0.15, 0.2) is 0 Å². The van der Waals surface area contributed by atoms with Crippen molar-refractivity contribution < 1.29 is 24.0 Å². The van der Waals surface area contributed by atoms with Gasteiger partial charge in [-0.25, -0.2) is 0 Å². The normalized spacial score (nSPS) is 13.9. The van der Waals surface area contributed by atoms with Crippen LogP contribution in [0.5, 0.6) is 0 Å². The van der Waals surface area contributed by atoms with Gasteiger partial charge in [0.25, 0.3) is 0 Å². The quantitative estimate of drug-likeness (QED) is 0.0321. The maximum Gasteiger partial charge on any atom is 0.245 e. The molecule has 0 aromatic rings. The molecule has 0 heterocycles. The number of nitrogens with one attached hydrogen (secondary N) is 10. The lowest BCUT2D eigenvalue weighted by molar-refractivity contribution is -0.132. The summed E-state index contributed by atoms with van der Waals surface area (Å²) in [6.45, 7) is 6.73. The molecule has 19 heteroatoms. The molecular weight excluding hydrogens is 838 g/mol. The molecule has 0 aliphatic heterocycles. The van der Waals surface area contributed by atoms with Crippen LogP contribution in [0, 0.1) is 0 Å². The molecule has 5 atom stereocenters. The highest BCUT2D eigenvalue weighted by Crippen LogP contribution is 2.03. The number of ketones is 1. The minimum Gasteiger partial charge on any atom is -0.353 e. The summed E-state index contributed by atoms with van der Waals surface area (Å²) in [6.07, 6.45) is 1.05. The van der Waals surface area contributed by atoms with Gasteiger partial charge in [-0.1, -0.05) is 13.8 Å². The van der Waals surface area contributed by atoms with Crippen LogP contribution in [-0.4, -0.2) is 153 Å². The molecule has 0 aliphatic rings. The molecule has 4 amide bonds. The lowest BCUT2D eigenvalue weighted by Crippen LogP contribution is -2.59. The number of carbonyl (C=O) groups excluding carboxylic acids is 5. The average molecular weight is 901 g/mol. The summed E-state index contributed by atoms with van der Waals surface area (Å²) in [5.74, 6) is -1.86. The van der Waals surface area contributed by atoms with Crippen LogP contribution < -0.4 is 59.3 Å². The first-order valence-corrected chi connectivity index (χ1v) is 21.9. The Morgan fingerprint density at radius 1 is 0.574 bits per heavy atom. The van der Waals surface area contributed by atoms with Crippen LogP contribution >= 0.6 is 37.2 Å². The van der Waals surface area contributed by atoms with Crippen molar-refractivity contribution >= 4 is 66.6 Å². The Bertz CT molecular complexity index is 874. The number of amides is 4. The van der Waals surface area contributed by atoms with E-state index in [1.165, 1.54) is 0 Å². The van der Waals surface area contributed by atoms with E-state index in [1.807, 2.05) is 18.7 Å². The third-order valence-corrected chi connectivity index (χ3v) is 7.47. The van der Waals surface area contributed by atoms with E-state index in [0.717, 1.165) is 0 Å². The van der Waals surface area contributed by atoms with E-state index in [1.54, 1.807) is 42.3 Å². The number of rotatable bonds is 26. The molecule has 0 rings (SSSR count). The Balaban J connectivity index is -0.00000632. The van der Waals surface area contributed by atoms with E-state index >= 15 is 0 Å². The number of nitrogens with zero attached hydrogens (tertiary/aromatic N) is 1. The van der Waals surface area contributed by atoms with E-state index < -0.39 is 47.9 Å². The molecule has 13 N–H and O–H groups in total. The van der Waals surface area contributed by atoms with Gasteiger partial charge in [0.2, 0.25) is 23.6 Å². The highest BCUT2D eigenvalue weighted by molar-refractivity contribution is 15.0. The monoisotopic (exact) mass is 900 g/mol. The second kappa shape index (κ2) is 31.9. The van der Waals surface area contributed by atoms with E-state index in [-0.39, 0.29) is 44.0 Å². The van der Waals surface area contributed by atoms with Gasteiger partial charge in [-0.15, -0.1) is 0 Å². The van der Waals surface area contributed by atoms with Gasteiger partial charge in [0.05, 0.1) is 24.8 Å². The molecule has 5 unspecified atom stereocenters. The number of hydrogen-bond acceptors (Lipinski definition) is 13. The van der Waals surface area contributed by atoms with Crippen molar-refractivity contribution in [1.82, 2.24) is 64.2 Å². The van der Waals surface area contributed by atoms with Gasteiger partial charge in [-0.2, -0.15) is 0 Å². The predicted molar refractivity (Wildman–Crippen MR) is 205 cm³/mol. The van der Waals surface area contributed by atoms with Crippen molar-refractivity contribution in [3.63, 3.8) is 0 Å². The molecule has 0 aliphatic carbocycles. The molecule has 0 saturated heterocycles. The second-order valence-corrected chi connectivity index (χ2v) is 10.4. The maximum atomic E-state index is 13.2. The lowest BCUT2D eigenvalue weighted by atomic mass is 10.0. The Morgan fingerprint density at radius 3 is 1.45 bits per heavy atom. The van der Waals surface area contributed by atoms with Gasteiger partial charge in [0.1, 0.15) is 12.1 Å². The van der Waals surface area contributed by atoms with Crippen molar-refractivity contribution in [2.24, 2.45) is 0 Å². The standard InChI is InChI=1S/C28H59N11O5.I2.H3N/c1-9-39(10-2)18-37-27(43)23(38-28(44)21(33-7)15-24(40)19(31-5)11-13-29-3)17-36-26(42)22(34-8)16-35-25(41)20(32-6)12-14-30-4;1-2;/h19-23,29-34H,9-18H2,1-8H3,(H,35,41)(H,36,42)(H,37,43)(H,38,44);;1H3. The van der Waals surface area contributed by atoms with Gasteiger partial charge in [-0.3, -0.25) is 28.9 Å². The molecule has 17 nitrogen and oxygen atoms in total. The first-order valence-electron chi connectivity index (χ1n) is 15.6. The first kappa shape index (κ1) is 50.1. The molecule has 278 valence electrons. The molecule has 0 saturated carbocycles. The SMILES string of the molecule is CCN(CC)CNC(=O)C(CNC(=O)C(CNC(=O)C(CCNC)NC)NC)NC(=O)C(CC(=O)C(CCNC)NC)NC.II.N. The summed E-state index contributed by atoms with van der Waals surface area (Å²) in [6, 6.07) is -3.63. The lowest BCUT2D eigenvalue weighted by Gasteiger charge is -2.26. The molecule has 0 radical (unpaired) electrons. The number of carbonyl (C=O) groups is 5. The van der Waals surface area contributed by atoms with Crippen LogP contribution in [0.1, 0.15) is 33.1 Å². The Hall–Kier alpha value is -1.31. The van der Waals surface area contributed by atoms with E-state index in [9.17, 15) is 24.0 Å². The van der Waals surface area contributed by atoms with Crippen LogP contribution in [0.4, 0.5) is 0 Å². The molecule has 0 spiro atoms. The van der Waals surface area contributed by atoms with Crippen LogP contribution in [0.2, 0.25) is 0 Å². The summed E-state index contributed by atoms with van der Waals surface area (Å²) in [4.78, 5) is 66.9. The van der Waals surface area contributed by atoms with Crippen LogP contribution in [0.3, 0.4) is 0 Å². The smallest absolute Gasteiger partial charge is 0.245 e. The largest absolute Gasteiger partial charge is 0.353 e. The van der Waals surface area contributed by atoms with Crippen LogP contribution in [-0.2, 0) is 24.0 Å². The molecule has 0 bridgehead atoms. The fourth-order valence-corrected chi connectivity index (χ4v) is 4.34. The highest BCUT2D eigenvalue weighted by atomic mass is 128. The maximum absolute atomic E-state index is 13.2. The zero-order valence-electron chi connectivity index (χ0n) is 29.4. The topological polar surface area (TPSA) is 244 Å². The molecule has 0 aromatic carbocycles. The highest BCUT2D eigenvalue weighted by Gasteiger charge is 2.29. The number of hydrogen-bond donors (Lipinski definition) is 11. The first-order chi connectivity index (χ1) is 22.1. The van der Waals surface area contributed by atoms with Gasteiger partial charge in [0.15, 0.2) is 5.78 Å². The fourth-order valence-electron chi connectivity index (χ4n) is 4.34. The van der Waals surface area contributed by atoms with Crippen molar-refractivity contribution in [3.8, 4) is 0 Å². The van der Waals surface area contributed by atoms with Gasteiger partial charge < -0.3 is 59.3 Å². The summed E-state index contributed by atoms with van der Waals surface area (Å²) in [5.41, 5.74) is 0. The fraction of sp³-hybridized carbons (Fsp3) is 0.821. The Morgan fingerprint density at radius 2 is 1.00 bits per heavy atom. The van der Waals surface area contributed by atoms with Gasteiger partial charge >= 0.3 is 0 Å². The number of Topliss-reactive ketones (excluding diaryl/α,β-unsaturated/α-hetero) is 1. The van der Waals surface area contributed by atoms with Crippen molar-refractivity contribution in [2.75, 3.05) is 88.2 Å². The van der Waals surface area contributed by atoms with Crippen LogP contribution in [0.25, 0.3) is 0 Å². The van der Waals surface area contributed by atoms with Crippen molar-refractivity contribution in [3.05, 3.63) is 0 Å². The zero-order valence-corrected chi connectivity index (χ0v) is 33.7. The number of halogens is 2. The zero-order chi connectivity index (χ0) is 35.5. The van der Waals surface area contributed by atoms with Gasteiger partial charge in [-0.05, 0) is 81.3 Å². The second-order valence-electron chi connectivity index (χ2n) is 10.4. The Labute approximate surface area is 304 Å². The molecule has 0 fully saturated rings. The summed E-state index contributed by atoms with van der Waals surface area (Å²) < 4.78 is 0. The molecule has 47 heavy (non-hydrogen) atoms. The summed E-state index contributed by atoms with van der Waals surface area (Å²) >= 11 is 4.24. The molecular formula is C28H62I2N12O5. The van der Waals surface area contributed by atoms with Crippen molar-refractivity contribution in [2.45, 2.75) is 63.3 Å². The van der Waals surface area contributed by atoms with Crippen molar-refractivity contribution in [1.29, 1.82) is 0 Å². The third kappa shape index (κ3) is 21.4. The average Bonchev–Trinajstić information content (AvgIpc) is 3.07. The van der Waals surface area contributed by atoms with E-state index in [0.29, 0.717) is 39.0 Å². The predicted octanol–water partition coefficient (Wildman–Crippen LogP) is -2.42. The van der Waals surface area contributed by atoms with Gasteiger partial charge in [0, 0.05) is 56.7 Å². The summed E-state index contributed by atoms with van der Waals surface area (Å²) in [5, 5.41) is 28.7. The van der Waals surface area contributed by atoms with E-state index in [2.05, 4.69) is 90.4 Å². The minimum atomic E-state index is -1.11. The molecule has 0 aromatic heterocycles. The Kier molecular flexibility index (Phi) is 34.0.